The molecule has 0 saturated heterocycles. The predicted octanol–water partition coefficient (Wildman–Crippen LogP) is 1.64. The highest BCUT2D eigenvalue weighted by Gasteiger charge is 2.17. The van der Waals surface area contributed by atoms with Crippen LogP contribution in [0.4, 0.5) is 0 Å². The van der Waals surface area contributed by atoms with Crippen molar-refractivity contribution >= 4 is 18.7 Å². The molecular formula is C10H15N3OS. The Morgan fingerprint density at radius 3 is 2.80 bits per heavy atom. The zero-order valence-corrected chi connectivity index (χ0v) is 9.41. The average Bonchev–Trinajstić information content (AvgIpc) is 2.66. The van der Waals surface area contributed by atoms with E-state index in [9.17, 15) is 4.79 Å². The molecule has 15 heavy (non-hydrogen) atoms. The molecule has 2 rings (SSSR count). The Labute approximate surface area is 94.6 Å². The van der Waals surface area contributed by atoms with Crippen LogP contribution >= 0.6 is 12.8 Å². The van der Waals surface area contributed by atoms with Crippen molar-refractivity contribution in [3.8, 4) is 0 Å². The van der Waals surface area contributed by atoms with E-state index in [-0.39, 0.29) is 5.91 Å². The van der Waals surface area contributed by atoms with Crippen LogP contribution in [0.3, 0.4) is 0 Å². The standard InChI is InChI=1S/C10H15N3OS/c14-10(9-6-13(15)7-11-9)12-8-4-2-1-3-5-8/h6-8,15H,1-5H2,(H,12,14). The lowest BCUT2D eigenvalue weighted by molar-refractivity contribution is 0.0923. The minimum Gasteiger partial charge on any atom is -0.348 e. The van der Waals surface area contributed by atoms with E-state index >= 15 is 0 Å². The molecular weight excluding hydrogens is 210 g/mol. The van der Waals surface area contributed by atoms with Gasteiger partial charge in [-0.2, -0.15) is 0 Å². The summed E-state index contributed by atoms with van der Waals surface area (Å²) in [5, 5.41) is 3.00. The van der Waals surface area contributed by atoms with Crippen molar-refractivity contribution in [1.82, 2.24) is 14.3 Å². The summed E-state index contributed by atoms with van der Waals surface area (Å²) in [6, 6.07) is 0.330. The van der Waals surface area contributed by atoms with Gasteiger partial charge in [-0.15, -0.1) is 0 Å². The van der Waals surface area contributed by atoms with Crippen LogP contribution < -0.4 is 5.32 Å². The van der Waals surface area contributed by atoms with Crippen molar-refractivity contribution in [3.63, 3.8) is 0 Å². The summed E-state index contributed by atoms with van der Waals surface area (Å²) in [6.07, 6.45) is 9.02. The van der Waals surface area contributed by atoms with E-state index in [1.165, 1.54) is 29.6 Å². The van der Waals surface area contributed by atoms with Gasteiger partial charge >= 0.3 is 0 Å². The Bertz CT molecular complexity index is 344. The Balaban J connectivity index is 1.91. The van der Waals surface area contributed by atoms with Gasteiger partial charge in [0.25, 0.3) is 5.91 Å². The maximum atomic E-state index is 11.7. The van der Waals surface area contributed by atoms with E-state index in [1.54, 1.807) is 6.20 Å². The number of carbonyl (C=O) groups excluding carboxylic acids is 1. The molecule has 5 heteroatoms. The van der Waals surface area contributed by atoms with E-state index in [2.05, 4.69) is 23.1 Å². The molecule has 0 bridgehead atoms. The summed E-state index contributed by atoms with van der Waals surface area (Å²) in [7, 11) is 0. The summed E-state index contributed by atoms with van der Waals surface area (Å²) in [4.78, 5) is 15.7. The van der Waals surface area contributed by atoms with Gasteiger partial charge in [0.1, 0.15) is 12.0 Å². The largest absolute Gasteiger partial charge is 0.348 e. The van der Waals surface area contributed by atoms with Gasteiger partial charge in [0.05, 0.1) is 0 Å². The van der Waals surface area contributed by atoms with E-state index in [4.69, 9.17) is 0 Å². The molecule has 1 heterocycles. The number of rotatable bonds is 2. The molecule has 1 aromatic heterocycles. The molecule has 0 spiro atoms. The van der Waals surface area contributed by atoms with Crippen LogP contribution in [0.5, 0.6) is 0 Å². The fourth-order valence-electron chi connectivity index (χ4n) is 1.94. The van der Waals surface area contributed by atoms with Gasteiger partial charge in [-0.05, 0) is 12.8 Å². The second-order valence-electron chi connectivity index (χ2n) is 3.95. The molecule has 82 valence electrons. The van der Waals surface area contributed by atoms with Gasteiger partial charge in [-0.1, -0.05) is 32.1 Å². The number of amides is 1. The fourth-order valence-corrected chi connectivity index (χ4v) is 2.10. The number of imidazole rings is 1. The lowest BCUT2D eigenvalue weighted by Gasteiger charge is -2.22. The lowest BCUT2D eigenvalue weighted by Crippen LogP contribution is -2.36. The van der Waals surface area contributed by atoms with Crippen molar-refractivity contribution in [2.24, 2.45) is 0 Å². The minimum absolute atomic E-state index is 0.0882. The molecule has 0 radical (unpaired) electrons. The smallest absolute Gasteiger partial charge is 0.271 e. The van der Waals surface area contributed by atoms with Crippen molar-refractivity contribution in [3.05, 3.63) is 18.2 Å². The SMILES string of the molecule is O=C(NC1CCCCC1)c1cn(S)cn1. The van der Waals surface area contributed by atoms with Crippen molar-refractivity contribution in [1.29, 1.82) is 0 Å². The first-order valence-electron chi connectivity index (χ1n) is 5.30. The Kier molecular flexibility index (Phi) is 3.30. The van der Waals surface area contributed by atoms with E-state index in [0.717, 1.165) is 12.8 Å². The van der Waals surface area contributed by atoms with Crippen molar-refractivity contribution < 1.29 is 4.79 Å². The van der Waals surface area contributed by atoms with Crippen molar-refractivity contribution in [2.45, 2.75) is 38.1 Å². The molecule has 1 aliphatic rings. The number of thiol groups is 1. The highest BCUT2D eigenvalue weighted by molar-refractivity contribution is 7.78. The predicted molar refractivity (Wildman–Crippen MR) is 61.0 cm³/mol. The van der Waals surface area contributed by atoms with E-state index in [1.807, 2.05) is 0 Å². The van der Waals surface area contributed by atoms with Crippen molar-refractivity contribution in [2.75, 3.05) is 0 Å². The molecule has 1 saturated carbocycles. The number of hydrogen-bond donors (Lipinski definition) is 2. The number of nitrogens with one attached hydrogen (secondary N) is 1. The molecule has 0 aliphatic heterocycles. The third kappa shape index (κ3) is 2.75. The van der Waals surface area contributed by atoms with Gasteiger partial charge in [-0.3, -0.25) is 8.77 Å². The van der Waals surface area contributed by atoms with Gasteiger partial charge in [0.15, 0.2) is 0 Å². The molecule has 1 N–H and O–H groups in total. The zero-order valence-electron chi connectivity index (χ0n) is 8.52. The number of carbonyl (C=O) groups is 1. The third-order valence-corrected chi connectivity index (χ3v) is 2.96. The van der Waals surface area contributed by atoms with Crippen LogP contribution in [0.15, 0.2) is 12.5 Å². The second-order valence-corrected chi connectivity index (χ2v) is 4.41. The Morgan fingerprint density at radius 2 is 2.20 bits per heavy atom. The van der Waals surface area contributed by atoms with Crippen LogP contribution in [0.25, 0.3) is 0 Å². The van der Waals surface area contributed by atoms with Crippen LogP contribution in [0.1, 0.15) is 42.6 Å². The highest BCUT2D eigenvalue weighted by Crippen LogP contribution is 2.17. The van der Waals surface area contributed by atoms with Crippen LogP contribution in [0.2, 0.25) is 0 Å². The molecule has 0 aromatic carbocycles. The molecule has 1 amide bonds. The normalized spacial score (nSPS) is 17.7. The summed E-state index contributed by atoms with van der Waals surface area (Å²) in [6.45, 7) is 0. The fraction of sp³-hybridized carbons (Fsp3) is 0.600. The van der Waals surface area contributed by atoms with Crippen LogP contribution in [-0.2, 0) is 0 Å². The first-order chi connectivity index (χ1) is 7.25. The van der Waals surface area contributed by atoms with Gasteiger partial charge in [0, 0.05) is 12.2 Å². The molecule has 0 atom stereocenters. The topological polar surface area (TPSA) is 46.9 Å². The summed E-state index contributed by atoms with van der Waals surface area (Å²) in [5.74, 6) is -0.0882. The van der Waals surface area contributed by atoms with E-state index in [0.29, 0.717) is 11.7 Å². The molecule has 1 aromatic rings. The van der Waals surface area contributed by atoms with Crippen LogP contribution in [-0.4, -0.2) is 20.9 Å². The number of nitrogens with zero attached hydrogens (tertiary/aromatic N) is 2. The average molecular weight is 225 g/mol. The number of aromatic nitrogens is 2. The number of hydrogen-bond acceptors (Lipinski definition) is 3. The highest BCUT2D eigenvalue weighted by atomic mass is 32.1. The first kappa shape index (κ1) is 10.5. The maximum Gasteiger partial charge on any atom is 0.271 e. The van der Waals surface area contributed by atoms with Crippen LogP contribution in [0, 0.1) is 0 Å². The summed E-state index contributed by atoms with van der Waals surface area (Å²) < 4.78 is 1.48. The Hall–Kier alpha value is -0.970. The van der Waals surface area contributed by atoms with Gasteiger partial charge in [0.2, 0.25) is 0 Å². The molecule has 0 unspecified atom stereocenters. The Morgan fingerprint density at radius 1 is 1.47 bits per heavy atom. The lowest BCUT2D eigenvalue weighted by atomic mass is 9.95. The molecule has 1 fully saturated rings. The summed E-state index contributed by atoms with van der Waals surface area (Å²) >= 11 is 4.04. The third-order valence-electron chi connectivity index (χ3n) is 2.74. The summed E-state index contributed by atoms with van der Waals surface area (Å²) in [5.41, 5.74) is 0.440. The van der Waals surface area contributed by atoms with Gasteiger partial charge < -0.3 is 5.32 Å². The van der Waals surface area contributed by atoms with E-state index < -0.39 is 0 Å². The molecule has 1 aliphatic carbocycles. The quantitative estimate of drug-likeness (QED) is 0.752. The van der Waals surface area contributed by atoms with Gasteiger partial charge in [-0.25, -0.2) is 4.98 Å². The maximum absolute atomic E-state index is 11.7. The first-order valence-corrected chi connectivity index (χ1v) is 5.70. The zero-order chi connectivity index (χ0) is 10.7. The second kappa shape index (κ2) is 4.70. The monoisotopic (exact) mass is 225 g/mol. The molecule has 4 nitrogen and oxygen atoms in total. The minimum atomic E-state index is -0.0882.